The molecule has 1 aliphatic heterocycles. The molecular formula is C15H19N3O. The van der Waals surface area contributed by atoms with Crippen molar-refractivity contribution < 1.29 is 4.74 Å². The van der Waals surface area contributed by atoms with Gasteiger partial charge in [0, 0.05) is 25.1 Å². The van der Waals surface area contributed by atoms with Crippen molar-refractivity contribution in [1.29, 1.82) is 0 Å². The minimum atomic E-state index is 0.230. The number of nitrogens with two attached hydrogens (primary N) is 1. The largest absolute Gasteiger partial charge is 0.396 e. The Labute approximate surface area is 113 Å². The number of ether oxygens (including phenoxy) is 1. The molecule has 2 aromatic rings. The lowest BCUT2D eigenvalue weighted by Gasteiger charge is -2.26. The normalized spacial score (nSPS) is 20.5. The fraction of sp³-hybridized carbons (Fsp3) is 0.400. The van der Waals surface area contributed by atoms with Crippen LogP contribution >= 0.6 is 0 Å². The summed E-state index contributed by atoms with van der Waals surface area (Å²) >= 11 is 0. The van der Waals surface area contributed by atoms with E-state index >= 15 is 0 Å². The molecule has 0 aliphatic carbocycles. The summed E-state index contributed by atoms with van der Waals surface area (Å²) in [7, 11) is 0. The summed E-state index contributed by atoms with van der Waals surface area (Å²) in [6.45, 7) is 4.78. The number of anilines is 2. The third kappa shape index (κ3) is 2.36. The maximum Gasteiger partial charge on any atom is 0.0745 e. The number of hydrogen-bond donors (Lipinski definition) is 1. The van der Waals surface area contributed by atoms with E-state index in [1.165, 1.54) is 0 Å². The van der Waals surface area contributed by atoms with Crippen LogP contribution < -0.4 is 10.6 Å². The molecule has 0 radical (unpaired) electrons. The van der Waals surface area contributed by atoms with Crippen LogP contribution in [-0.4, -0.2) is 30.8 Å². The molecule has 19 heavy (non-hydrogen) atoms. The minimum Gasteiger partial charge on any atom is -0.396 e. The molecular weight excluding hydrogens is 238 g/mol. The average Bonchev–Trinajstić information content (AvgIpc) is 2.63. The molecule has 0 bridgehead atoms. The summed E-state index contributed by atoms with van der Waals surface area (Å²) in [5.41, 5.74) is 9.00. The van der Waals surface area contributed by atoms with E-state index in [4.69, 9.17) is 10.5 Å². The van der Waals surface area contributed by atoms with Crippen LogP contribution in [0.5, 0.6) is 0 Å². The van der Waals surface area contributed by atoms with Gasteiger partial charge in [0.05, 0.1) is 29.2 Å². The predicted octanol–water partition coefficient (Wildman–Crippen LogP) is 2.43. The summed E-state index contributed by atoms with van der Waals surface area (Å²) in [5.74, 6) is 0. The number of rotatable bonds is 1. The van der Waals surface area contributed by atoms with Gasteiger partial charge in [0.1, 0.15) is 0 Å². The summed E-state index contributed by atoms with van der Waals surface area (Å²) < 4.78 is 5.71. The van der Waals surface area contributed by atoms with Gasteiger partial charge in [0.15, 0.2) is 0 Å². The Morgan fingerprint density at radius 3 is 3.11 bits per heavy atom. The van der Waals surface area contributed by atoms with Gasteiger partial charge < -0.3 is 15.4 Å². The second-order valence-electron chi connectivity index (χ2n) is 5.06. The topological polar surface area (TPSA) is 51.4 Å². The first-order chi connectivity index (χ1) is 9.25. The van der Waals surface area contributed by atoms with Crippen LogP contribution in [0.2, 0.25) is 0 Å². The smallest absolute Gasteiger partial charge is 0.0745 e. The van der Waals surface area contributed by atoms with Crippen LogP contribution in [-0.2, 0) is 4.74 Å². The molecule has 1 aromatic heterocycles. The average molecular weight is 257 g/mol. The molecule has 0 amide bonds. The summed E-state index contributed by atoms with van der Waals surface area (Å²) in [6.07, 6.45) is 3.02. The van der Waals surface area contributed by atoms with Gasteiger partial charge >= 0.3 is 0 Å². The van der Waals surface area contributed by atoms with Gasteiger partial charge in [0.25, 0.3) is 0 Å². The number of hydrogen-bond acceptors (Lipinski definition) is 4. The Morgan fingerprint density at radius 1 is 1.37 bits per heavy atom. The molecule has 2 heterocycles. The Balaban J connectivity index is 2.09. The van der Waals surface area contributed by atoms with E-state index in [0.29, 0.717) is 0 Å². The second-order valence-corrected chi connectivity index (χ2v) is 5.06. The van der Waals surface area contributed by atoms with Crippen molar-refractivity contribution in [3.05, 3.63) is 30.5 Å². The van der Waals surface area contributed by atoms with Gasteiger partial charge in [0.2, 0.25) is 0 Å². The highest BCUT2D eigenvalue weighted by Crippen LogP contribution is 2.32. The van der Waals surface area contributed by atoms with Crippen LogP contribution in [0, 0.1) is 0 Å². The van der Waals surface area contributed by atoms with Gasteiger partial charge in [-0.25, -0.2) is 0 Å². The highest BCUT2D eigenvalue weighted by Gasteiger charge is 2.19. The number of fused-ring (bicyclic) bond motifs is 1. The lowest BCUT2D eigenvalue weighted by Crippen LogP contribution is -2.31. The van der Waals surface area contributed by atoms with E-state index < -0.39 is 0 Å². The predicted molar refractivity (Wildman–Crippen MR) is 78.4 cm³/mol. The first-order valence-corrected chi connectivity index (χ1v) is 6.75. The fourth-order valence-corrected chi connectivity index (χ4v) is 2.69. The monoisotopic (exact) mass is 257 g/mol. The van der Waals surface area contributed by atoms with Crippen LogP contribution in [0.4, 0.5) is 11.4 Å². The number of benzene rings is 1. The highest BCUT2D eigenvalue weighted by atomic mass is 16.5. The number of nitrogen functional groups attached to an aromatic ring is 1. The van der Waals surface area contributed by atoms with Crippen molar-refractivity contribution in [1.82, 2.24) is 4.98 Å². The Morgan fingerprint density at radius 2 is 2.21 bits per heavy atom. The molecule has 0 spiro atoms. The van der Waals surface area contributed by atoms with Gasteiger partial charge in [-0.15, -0.1) is 0 Å². The third-order valence-corrected chi connectivity index (χ3v) is 3.54. The van der Waals surface area contributed by atoms with Gasteiger partial charge in [-0.05, 0) is 19.4 Å². The van der Waals surface area contributed by atoms with Crippen molar-refractivity contribution in [2.24, 2.45) is 0 Å². The molecule has 1 fully saturated rings. The number of pyridine rings is 1. The third-order valence-electron chi connectivity index (χ3n) is 3.54. The molecule has 1 saturated heterocycles. The maximum absolute atomic E-state index is 6.17. The maximum atomic E-state index is 6.17. The Bertz CT molecular complexity index is 585. The summed E-state index contributed by atoms with van der Waals surface area (Å²) in [4.78, 5) is 6.73. The van der Waals surface area contributed by atoms with E-state index in [9.17, 15) is 0 Å². The summed E-state index contributed by atoms with van der Waals surface area (Å²) in [6, 6.07) is 8.15. The molecule has 4 heteroatoms. The molecule has 3 rings (SSSR count). The zero-order valence-corrected chi connectivity index (χ0v) is 11.2. The minimum absolute atomic E-state index is 0.230. The van der Waals surface area contributed by atoms with Gasteiger partial charge in [-0.3, -0.25) is 4.98 Å². The number of nitrogens with zero attached hydrogens (tertiary/aromatic N) is 2. The Kier molecular flexibility index (Phi) is 3.25. The van der Waals surface area contributed by atoms with Crippen LogP contribution in [0.3, 0.4) is 0 Å². The van der Waals surface area contributed by atoms with Crippen LogP contribution in [0.25, 0.3) is 10.9 Å². The molecule has 0 saturated carbocycles. The molecule has 100 valence electrons. The lowest BCUT2D eigenvalue weighted by molar-refractivity contribution is 0.0821. The van der Waals surface area contributed by atoms with E-state index in [1.807, 2.05) is 18.2 Å². The van der Waals surface area contributed by atoms with E-state index in [0.717, 1.165) is 48.4 Å². The van der Waals surface area contributed by atoms with Crippen LogP contribution in [0.15, 0.2) is 30.5 Å². The zero-order chi connectivity index (χ0) is 13.2. The van der Waals surface area contributed by atoms with E-state index in [1.54, 1.807) is 6.20 Å². The van der Waals surface area contributed by atoms with Crippen molar-refractivity contribution in [3.8, 4) is 0 Å². The first kappa shape index (κ1) is 12.2. The fourth-order valence-electron chi connectivity index (χ4n) is 2.69. The quantitative estimate of drug-likeness (QED) is 0.852. The lowest BCUT2D eigenvalue weighted by atomic mass is 10.1. The zero-order valence-electron chi connectivity index (χ0n) is 11.2. The standard InChI is InChI=1S/C15H19N3O/c1-11-10-18(7-4-8-19-11)15-12-5-2-3-6-14(12)17-9-13(15)16/h2-3,5-6,9,11H,4,7-8,10,16H2,1H3. The molecule has 4 nitrogen and oxygen atoms in total. The second kappa shape index (κ2) is 5.05. The number of aromatic nitrogens is 1. The van der Waals surface area contributed by atoms with Crippen molar-refractivity contribution in [2.75, 3.05) is 30.3 Å². The van der Waals surface area contributed by atoms with Gasteiger partial charge in [-0.2, -0.15) is 0 Å². The van der Waals surface area contributed by atoms with Gasteiger partial charge in [-0.1, -0.05) is 18.2 Å². The first-order valence-electron chi connectivity index (χ1n) is 6.75. The van der Waals surface area contributed by atoms with E-state index in [2.05, 4.69) is 22.9 Å². The summed E-state index contributed by atoms with van der Waals surface area (Å²) in [5, 5.41) is 1.12. The Hall–Kier alpha value is -1.81. The van der Waals surface area contributed by atoms with Crippen LogP contribution in [0.1, 0.15) is 13.3 Å². The molecule has 1 atom stereocenters. The molecule has 1 aromatic carbocycles. The van der Waals surface area contributed by atoms with Crippen molar-refractivity contribution in [3.63, 3.8) is 0 Å². The van der Waals surface area contributed by atoms with Crippen molar-refractivity contribution in [2.45, 2.75) is 19.4 Å². The van der Waals surface area contributed by atoms with E-state index in [-0.39, 0.29) is 6.10 Å². The number of para-hydroxylation sites is 1. The SMILES string of the molecule is CC1CN(c2c(N)cnc3ccccc23)CCCO1. The van der Waals surface area contributed by atoms with Crippen molar-refractivity contribution >= 4 is 22.3 Å². The molecule has 2 N–H and O–H groups in total. The molecule has 1 aliphatic rings. The molecule has 1 unspecified atom stereocenters. The highest BCUT2D eigenvalue weighted by molar-refractivity contribution is 5.97.